The van der Waals surface area contributed by atoms with Crippen LogP contribution in [-0.2, 0) is 0 Å². The molecule has 1 aliphatic rings. The monoisotopic (exact) mass is 301 g/mol. The molecule has 0 saturated carbocycles. The van der Waals surface area contributed by atoms with Gasteiger partial charge in [-0.25, -0.2) is 0 Å². The van der Waals surface area contributed by atoms with Gasteiger partial charge in [0, 0.05) is 0 Å². The van der Waals surface area contributed by atoms with Crippen LogP contribution in [0.25, 0.3) is 0 Å². The van der Waals surface area contributed by atoms with Crippen molar-refractivity contribution in [3.8, 4) is 0 Å². The average Bonchev–Trinajstić information content (AvgIpc) is 1.75. The Kier molecular flexibility index (Phi) is 1.50. The number of rotatable bonds is 0. The quantitative estimate of drug-likeness (QED) is 0.308. The third kappa shape index (κ3) is 1.30. The molecule has 0 atom stereocenters. The SMILES string of the molecule is SI1C[I-]1. The first-order valence-electron chi connectivity index (χ1n) is 0.846. The molecule has 0 N–H and O–H groups in total. The van der Waals surface area contributed by atoms with Crippen LogP contribution >= 0.6 is 24.3 Å². The molecule has 0 spiro atoms. The molecule has 1 heterocycles. The second-order valence-corrected chi connectivity index (χ2v) is 24.7. The molecule has 1 saturated heterocycles. The van der Waals surface area contributed by atoms with E-state index in [1.165, 1.54) is 0 Å². The zero-order valence-electron chi connectivity index (χ0n) is 1.91. The number of halogens is 2. The summed E-state index contributed by atoms with van der Waals surface area (Å²) in [4.78, 5) is 0. The van der Waals surface area contributed by atoms with Crippen LogP contribution in [0.5, 0.6) is 0 Å². The number of hydrogen-bond donors (Lipinski definition) is 1. The molecule has 0 aromatic carbocycles. The van der Waals surface area contributed by atoms with Gasteiger partial charge in [0.25, 0.3) is 0 Å². The topological polar surface area (TPSA) is 0 Å². The summed E-state index contributed by atoms with van der Waals surface area (Å²) in [6.07, 6.45) is 0. The standard InChI is InChI=1S/CH3I2S/c4-3-1-2-3/h4H,1H2/q-1. The Labute approximate surface area is 43.3 Å². The van der Waals surface area contributed by atoms with Gasteiger partial charge in [-0.05, 0) is 0 Å². The van der Waals surface area contributed by atoms with Crippen LogP contribution in [0.1, 0.15) is 0 Å². The van der Waals surface area contributed by atoms with Crippen LogP contribution in [-0.4, -0.2) is 2.43 Å². The fourth-order valence-electron chi connectivity index (χ4n) is 0.0171. The minimum atomic E-state index is -0.209. The summed E-state index contributed by atoms with van der Waals surface area (Å²) >= 11 is 0.589. The zero-order chi connectivity index (χ0) is 2.99. The summed E-state index contributed by atoms with van der Waals surface area (Å²) in [5, 5.41) is 0. The van der Waals surface area contributed by atoms with Crippen molar-refractivity contribution in [2.24, 2.45) is 0 Å². The number of thiol groups is 1. The van der Waals surface area contributed by atoms with Crippen LogP contribution < -0.4 is 17.2 Å². The second-order valence-electron chi connectivity index (χ2n) is 0.486. The summed E-state index contributed by atoms with van der Waals surface area (Å²) < 4.78 is 1.62. The maximum absolute atomic E-state index is 4.28. The maximum atomic E-state index is 4.28. The van der Waals surface area contributed by atoms with Crippen molar-refractivity contribution in [3.63, 3.8) is 0 Å². The van der Waals surface area contributed by atoms with Gasteiger partial charge in [-0.2, -0.15) is 0 Å². The molecule has 1 aliphatic heterocycles. The van der Waals surface area contributed by atoms with Gasteiger partial charge < -0.3 is 0 Å². The van der Waals surface area contributed by atoms with Gasteiger partial charge in [-0.1, -0.05) is 0 Å². The first-order chi connectivity index (χ1) is 1.89. The summed E-state index contributed by atoms with van der Waals surface area (Å²) in [6, 6.07) is 0. The molecule has 0 aromatic rings. The van der Waals surface area contributed by atoms with E-state index in [1.807, 2.05) is 0 Å². The molecular weight excluding hydrogens is 298 g/mol. The first kappa shape index (κ1) is 3.98. The van der Waals surface area contributed by atoms with Gasteiger partial charge >= 0.3 is 43.9 Å². The molecule has 0 aromatic heterocycles. The molecular formula is CH3I2S-. The van der Waals surface area contributed by atoms with E-state index < -0.39 is 0 Å². The summed E-state index contributed by atoms with van der Waals surface area (Å²) in [5.74, 6) is 0. The van der Waals surface area contributed by atoms with Crippen LogP contribution in [0.2, 0.25) is 0 Å². The molecule has 4 heavy (non-hydrogen) atoms. The van der Waals surface area contributed by atoms with Crippen molar-refractivity contribution in [1.82, 2.24) is 0 Å². The second kappa shape index (κ2) is 1.51. The van der Waals surface area contributed by atoms with Crippen molar-refractivity contribution in [3.05, 3.63) is 0 Å². The summed E-state index contributed by atoms with van der Waals surface area (Å²) in [6.45, 7) is 0. The van der Waals surface area contributed by atoms with Crippen LogP contribution in [0.4, 0.5) is 0 Å². The molecule has 0 nitrogen and oxygen atoms in total. The van der Waals surface area contributed by atoms with Crippen molar-refractivity contribution in [2.75, 3.05) is 2.43 Å². The third-order valence-corrected chi connectivity index (χ3v) is 16.7. The van der Waals surface area contributed by atoms with Crippen molar-refractivity contribution >= 4 is 24.3 Å². The van der Waals surface area contributed by atoms with E-state index in [1.54, 1.807) is 2.43 Å². The van der Waals surface area contributed by atoms with Crippen molar-refractivity contribution < 1.29 is 17.2 Å². The van der Waals surface area contributed by atoms with Crippen LogP contribution in [0, 0.1) is 0 Å². The van der Waals surface area contributed by atoms with E-state index in [2.05, 4.69) is 9.80 Å². The Morgan fingerprint density at radius 2 is 2.25 bits per heavy atom. The van der Waals surface area contributed by atoms with E-state index in [4.69, 9.17) is 0 Å². The Hall–Kier alpha value is 1.81. The number of alkyl halides is 2. The van der Waals surface area contributed by atoms with Crippen molar-refractivity contribution in [2.45, 2.75) is 0 Å². The fraction of sp³-hybridized carbons (Fsp3) is 1.00. The van der Waals surface area contributed by atoms with Gasteiger partial charge in [-0.3, -0.25) is 0 Å². The number of hydrogen-bond acceptors (Lipinski definition) is 1. The Morgan fingerprint density at radius 3 is 2.25 bits per heavy atom. The molecule has 28 valence electrons. The van der Waals surface area contributed by atoms with Gasteiger partial charge in [0.15, 0.2) is 0 Å². The fourth-order valence-corrected chi connectivity index (χ4v) is 15.5. The molecule has 0 aliphatic carbocycles. The van der Waals surface area contributed by atoms with E-state index >= 15 is 0 Å². The van der Waals surface area contributed by atoms with E-state index in [0.717, 1.165) is 17.2 Å². The predicted octanol–water partition coefficient (Wildman–Crippen LogP) is -1.69. The predicted molar refractivity (Wildman–Crippen MR) is 27.9 cm³/mol. The first-order valence-corrected chi connectivity index (χ1v) is 13.4. The third-order valence-electron chi connectivity index (χ3n) is 0.191. The Bertz CT molecular complexity index is 25.2. The molecule has 3 heteroatoms. The van der Waals surface area contributed by atoms with Gasteiger partial charge in [0.1, 0.15) is 0 Å². The van der Waals surface area contributed by atoms with Gasteiger partial charge in [0.2, 0.25) is 0 Å². The average molecular weight is 301 g/mol. The molecule has 1 rings (SSSR count). The summed E-state index contributed by atoms with van der Waals surface area (Å²) in [5.41, 5.74) is 0. The van der Waals surface area contributed by atoms with Crippen LogP contribution in [0.15, 0.2) is 0 Å². The summed E-state index contributed by atoms with van der Waals surface area (Å²) in [7, 11) is 4.28. The van der Waals surface area contributed by atoms with E-state index in [-0.39, 0.29) is 14.5 Å². The Morgan fingerprint density at radius 1 is 2.00 bits per heavy atom. The normalized spacial score (nSPS) is 32.8. The van der Waals surface area contributed by atoms with Crippen LogP contribution in [0.3, 0.4) is 0 Å². The molecule has 0 amide bonds. The van der Waals surface area contributed by atoms with Crippen molar-refractivity contribution in [1.29, 1.82) is 0 Å². The van der Waals surface area contributed by atoms with Gasteiger partial charge in [-0.15, -0.1) is 0 Å². The zero-order valence-corrected chi connectivity index (χ0v) is 7.12. The molecule has 0 bridgehead atoms. The molecule has 0 unspecified atom stereocenters. The van der Waals surface area contributed by atoms with E-state index in [9.17, 15) is 0 Å². The molecule has 1 fully saturated rings. The minimum absolute atomic E-state index is 0.209. The Balaban J connectivity index is 2.17. The molecule has 0 radical (unpaired) electrons. The van der Waals surface area contributed by atoms with E-state index in [0.29, 0.717) is 0 Å². The van der Waals surface area contributed by atoms with Gasteiger partial charge in [0.05, 0.1) is 0 Å².